The number of anilines is 1. The third-order valence-electron chi connectivity index (χ3n) is 2.69. The van der Waals surface area contributed by atoms with Gasteiger partial charge in [0.2, 0.25) is 5.88 Å². The van der Waals surface area contributed by atoms with E-state index in [0.717, 1.165) is 16.5 Å². The quantitative estimate of drug-likeness (QED) is 0.732. The number of nitrogen functional groups attached to an aromatic ring is 1. The number of hydrogen-bond acceptors (Lipinski definition) is 5. The number of hydrogen-bond donors (Lipinski definition) is 1. The van der Waals surface area contributed by atoms with Crippen LogP contribution in [0.15, 0.2) is 39.6 Å². The topological polar surface area (TPSA) is 74.4 Å². The molecule has 2 aromatic heterocycles. The number of furan rings is 1. The number of benzene rings is 1. The van der Waals surface area contributed by atoms with Gasteiger partial charge in [-0.05, 0) is 18.2 Å². The highest BCUT2D eigenvalue weighted by molar-refractivity contribution is 5.98. The molecule has 0 radical (unpaired) electrons. The van der Waals surface area contributed by atoms with Crippen LogP contribution >= 0.6 is 0 Å². The fourth-order valence-electron chi connectivity index (χ4n) is 1.88. The van der Waals surface area contributed by atoms with Gasteiger partial charge < -0.3 is 19.4 Å². The zero-order valence-electron chi connectivity index (χ0n) is 9.14. The molecule has 0 spiro atoms. The van der Waals surface area contributed by atoms with Crippen molar-refractivity contribution in [3.63, 3.8) is 0 Å². The van der Waals surface area contributed by atoms with Crippen LogP contribution in [0.1, 0.15) is 0 Å². The average Bonchev–Trinajstić information content (AvgIpc) is 2.96. The van der Waals surface area contributed by atoms with Gasteiger partial charge in [-0.25, -0.2) is 0 Å². The first-order chi connectivity index (χ1) is 8.31. The molecule has 0 aliphatic heterocycles. The van der Waals surface area contributed by atoms with Gasteiger partial charge in [-0.1, -0.05) is 5.16 Å². The minimum Gasteiger partial charge on any atom is -0.493 e. The lowest BCUT2D eigenvalue weighted by molar-refractivity contribution is 0.410. The summed E-state index contributed by atoms with van der Waals surface area (Å²) in [5, 5.41) is 4.59. The molecular formula is C12H10N2O3. The van der Waals surface area contributed by atoms with Crippen LogP contribution in [0.4, 0.5) is 5.88 Å². The van der Waals surface area contributed by atoms with Crippen LogP contribution in [0, 0.1) is 0 Å². The van der Waals surface area contributed by atoms with Gasteiger partial charge in [0.05, 0.1) is 25.1 Å². The number of rotatable bonds is 2. The Morgan fingerprint density at radius 3 is 2.82 bits per heavy atom. The van der Waals surface area contributed by atoms with E-state index < -0.39 is 0 Å². The average molecular weight is 230 g/mol. The number of methoxy groups -OCH3 is 1. The number of fused-ring (bicyclic) bond motifs is 1. The van der Waals surface area contributed by atoms with Gasteiger partial charge in [-0.3, -0.25) is 0 Å². The van der Waals surface area contributed by atoms with Crippen LogP contribution < -0.4 is 10.5 Å². The number of aromatic nitrogens is 1. The van der Waals surface area contributed by atoms with Crippen LogP contribution in [0.5, 0.6) is 5.75 Å². The van der Waals surface area contributed by atoms with Crippen molar-refractivity contribution in [1.82, 2.24) is 5.16 Å². The second-order valence-corrected chi connectivity index (χ2v) is 3.58. The zero-order valence-corrected chi connectivity index (χ0v) is 9.14. The van der Waals surface area contributed by atoms with Crippen LogP contribution in [0.25, 0.3) is 22.1 Å². The van der Waals surface area contributed by atoms with Crippen molar-refractivity contribution < 1.29 is 13.7 Å². The highest BCUT2D eigenvalue weighted by atomic mass is 16.5. The molecule has 0 aliphatic rings. The predicted octanol–water partition coefficient (Wildman–Crippen LogP) is 2.68. The largest absolute Gasteiger partial charge is 0.493 e. The van der Waals surface area contributed by atoms with Crippen LogP contribution in [-0.2, 0) is 0 Å². The lowest BCUT2D eigenvalue weighted by atomic mass is 10.0. The van der Waals surface area contributed by atoms with Gasteiger partial charge in [0.25, 0.3) is 0 Å². The third-order valence-corrected chi connectivity index (χ3v) is 2.69. The van der Waals surface area contributed by atoms with Gasteiger partial charge in [0.1, 0.15) is 0 Å². The van der Waals surface area contributed by atoms with Crippen molar-refractivity contribution in [2.45, 2.75) is 0 Å². The Labute approximate surface area is 96.7 Å². The Balaban J connectivity index is 2.32. The van der Waals surface area contributed by atoms with E-state index in [9.17, 15) is 0 Å². The molecule has 5 heteroatoms. The van der Waals surface area contributed by atoms with Crippen molar-refractivity contribution in [3.05, 3.63) is 30.7 Å². The summed E-state index contributed by atoms with van der Waals surface area (Å²) in [5.41, 5.74) is 8.06. The van der Waals surface area contributed by atoms with E-state index in [4.69, 9.17) is 19.4 Å². The Morgan fingerprint density at radius 1 is 1.24 bits per heavy atom. The molecule has 3 rings (SSSR count). The molecule has 0 atom stereocenters. The van der Waals surface area contributed by atoms with Crippen molar-refractivity contribution in [3.8, 4) is 16.9 Å². The molecule has 0 aliphatic carbocycles. The molecule has 0 amide bonds. The molecule has 1 aromatic carbocycles. The lowest BCUT2D eigenvalue weighted by Gasteiger charge is -2.04. The second kappa shape index (κ2) is 3.55. The molecule has 0 saturated carbocycles. The maximum Gasteiger partial charge on any atom is 0.229 e. The van der Waals surface area contributed by atoms with E-state index in [0.29, 0.717) is 11.3 Å². The highest BCUT2D eigenvalue weighted by Gasteiger charge is 2.14. The molecule has 0 saturated heterocycles. The third kappa shape index (κ3) is 1.36. The molecule has 2 heterocycles. The molecule has 3 aromatic rings. The Hall–Kier alpha value is -2.43. The minimum absolute atomic E-state index is 0.290. The molecule has 5 nitrogen and oxygen atoms in total. The Bertz CT molecular complexity index is 669. The van der Waals surface area contributed by atoms with E-state index in [-0.39, 0.29) is 5.88 Å². The molecule has 0 fully saturated rings. The standard InChI is InChI=1S/C12H10N2O3/c1-15-10-3-2-7(8-4-5-16-11(8)10)9-6-14-17-12(9)13/h2-6H,13H2,1H3. The number of nitrogens with zero attached hydrogens (tertiary/aromatic N) is 1. The molecule has 86 valence electrons. The molecule has 0 bridgehead atoms. The van der Waals surface area contributed by atoms with Crippen molar-refractivity contribution in [1.29, 1.82) is 0 Å². The lowest BCUT2D eigenvalue weighted by Crippen LogP contribution is -1.87. The summed E-state index contributed by atoms with van der Waals surface area (Å²) in [6.45, 7) is 0. The van der Waals surface area contributed by atoms with E-state index in [1.807, 2.05) is 18.2 Å². The highest BCUT2D eigenvalue weighted by Crippen LogP contribution is 2.37. The van der Waals surface area contributed by atoms with Crippen LogP contribution in [0.2, 0.25) is 0 Å². The first kappa shape index (κ1) is 9.77. The predicted molar refractivity (Wildman–Crippen MR) is 62.7 cm³/mol. The van der Waals surface area contributed by atoms with Gasteiger partial charge in [0.15, 0.2) is 11.3 Å². The van der Waals surface area contributed by atoms with E-state index in [1.54, 1.807) is 19.6 Å². The van der Waals surface area contributed by atoms with Crippen molar-refractivity contribution in [2.24, 2.45) is 0 Å². The van der Waals surface area contributed by atoms with Crippen LogP contribution in [0.3, 0.4) is 0 Å². The maximum absolute atomic E-state index is 5.71. The van der Waals surface area contributed by atoms with Gasteiger partial charge in [-0.15, -0.1) is 0 Å². The Morgan fingerprint density at radius 2 is 2.12 bits per heavy atom. The summed E-state index contributed by atoms with van der Waals surface area (Å²) in [7, 11) is 1.60. The summed E-state index contributed by atoms with van der Waals surface area (Å²) in [4.78, 5) is 0. The van der Waals surface area contributed by atoms with Crippen LogP contribution in [-0.4, -0.2) is 12.3 Å². The molecule has 17 heavy (non-hydrogen) atoms. The number of ether oxygens (including phenoxy) is 1. The smallest absolute Gasteiger partial charge is 0.229 e. The fourth-order valence-corrected chi connectivity index (χ4v) is 1.88. The maximum atomic E-state index is 5.71. The van der Waals surface area contributed by atoms with Gasteiger partial charge >= 0.3 is 0 Å². The summed E-state index contributed by atoms with van der Waals surface area (Å²) in [6.07, 6.45) is 3.20. The molecule has 0 unspecified atom stereocenters. The van der Waals surface area contributed by atoms with E-state index in [2.05, 4.69) is 5.16 Å². The van der Waals surface area contributed by atoms with E-state index in [1.165, 1.54) is 0 Å². The normalized spacial score (nSPS) is 10.9. The van der Waals surface area contributed by atoms with E-state index >= 15 is 0 Å². The first-order valence-corrected chi connectivity index (χ1v) is 5.06. The minimum atomic E-state index is 0.290. The first-order valence-electron chi connectivity index (χ1n) is 5.06. The molecule has 2 N–H and O–H groups in total. The monoisotopic (exact) mass is 230 g/mol. The SMILES string of the molecule is COc1ccc(-c2cnoc2N)c2ccoc12. The molecular weight excluding hydrogens is 220 g/mol. The van der Waals surface area contributed by atoms with Gasteiger partial charge in [-0.2, -0.15) is 0 Å². The second-order valence-electron chi connectivity index (χ2n) is 3.58. The summed E-state index contributed by atoms with van der Waals surface area (Å²) < 4.78 is 15.5. The summed E-state index contributed by atoms with van der Waals surface area (Å²) >= 11 is 0. The summed E-state index contributed by atoms with van der Waals surface area (Å²) in [5.74, 6) is 0.974. The Kier molecular flexibility index (Phi) is 2.04. The van der Waals surface area contributed by atoms with Crippen molar-refractivity contribution in [2.75, 3.05) is 12.8 Å². The zero-order chi connectivity index (χ0) is 11.8. The van der Waals surface area contributed by atoms with Crippen molar-refractivity contribution >= 4 is 16.9 Å². The number of nitrogens with two attached hydrogens (primary N) is 1. The fraction of sp³-hybridized carbons (Fsp3) is 0.0833. The summed E-state index contributed by atoms with van der Waals surface area (Å²) in [6, 6.07) is 5.59. The van der Waals surface area contributed by atoms with Gasteiger partial charge in [0, 0.05) is 10.9 Å².